The lowest BCUT2D eigenvalue weighted by Crippen LogP contribution is -2.12. The summed E-state index contributed by atoms with van der Waals surface area (Å²) >= 11 is 0. The standard InChI is InChI=1S/C16H22N2O/c1-3-4-5-8-16(19)18-15-12-14(7-6-11-17)10-9-13(15)2/h9-10,12H,3-5,8,11,17H2,1-2H3,(H,18,19). The molecule has 3 N–H and O–H groups in total. The van der Waals surface area contributed by atoms with Crippen molar-refractivity contribution in [3.8, 4) is 11.8 Å². The molecule has 1 rings (SSSR count). The summed E-state index contributed by atoms with van der Waals surface area (Å²) in [5.74, 6) is 5.85. The Morgan fingerprint density at radius 2 is 2.16 bits per heavy atom. The zero-order valence-corrected chi connectivity index (χ0v) is 11.8. The molecule has 0 saturated heterocycles. The Balaban J connectivity index is 2.68. The van der Waals surface area contributed by atoms with Crippen LogP contribution < -0.4 is 11.1 Å². The van der Waals surface area contributed by atoms with Crippen LogP contribution in [0.1, 0.15) is 43.7 Å². The summed E-state index contributed by atoms with van der Waals surface area (Å²) in [6, 6.07) is 5.79. The van der Waals surface area contributed by atoms with Crippen LogP contribution in [0.4, 0.5) is 5.69 Å². The van der Waals surface area contributed by atoms with E-state index >= 15 is 0 Å². The van der Waals surface area contributed by atoms with Gasteiger partial charge in [-0.05, 0) is 31.0 Å². The maximum atomic E-state index is 11.8. The van der Waals surface area contributed by atoms with Gasteiger partial charge in [0.2, 0.25) is 5.91 Å². The van der Waals surface area contributed by atoms with Gasteiger partial charge in [-0.1, -0.05) is 37.7 Å². The molecule has 0 unspecified atom stereocenters. The van der Waals surface area contributed by atoms with E-state index in [1.807, 2.05) is 25.1 Å². The van der Waals surface area contributed by atoms with Gasteiger partial charge < -0.3 is 11.1 Å². The van der Waals surface area contributed by atoms with Crippen LogP contribution >= 0.6 is 0 Å². The first-order valence-corrected chi connectivity index (χ1v) is 6.76. The van der Waals surface area contributed by atoms with Crippen LogP contribution in [0.2, 0.25) is 0 Å². The fraction of sp³-hybridized carbons (Fsp3) is 0.438. The highest BCUT2D eigenvalue weighted by Gasteiger charge is 2.05. The lowest BCUT2D eigenvalue weighted by Gasteiger charge is -2.08. The average molecular weight is 258 g/mol. The molecular weight excluding hydrogens is 236 g/mol. The average Bonchev–Trinajstić information content (AvgIpc) is 2.40. The molecule has 0 spiro atoms. The van der Waals surface area contributed by atoms with E-state index in [1.54, 1.807) is 0 Å². The van der Waals surface area contributed by atoms with Crippen molar-refractivity contribution in [2.75, 3.05) is 11.9 Å². The van der Waals surface area contributed by atoms with Crippen molar-refractivity contribution in [1.29, 1.82) is 0 Å². The molecule has 0 atom stereocenters. The fourth-order valence-electron chi connectivity index (χ4n) is 1.74. The Hall–Kier alpha value is -1.79. The molecule has 0 aliphatic heterocycles. The van der Waals surface area contributed by atoms with E-state index in [0.717, 1.165) is 36.1 Å². The van der Waals surface area contributed by atoms with Crippen molar-refractivity contribution in [3.63, 3.8) is 0 Å². The number of carbonyl (C=O) groups is 1. The second-order valence-electron chi connectivity index (χ2n) is 4.54. The number of rotatable bonds is 5. The van der Waals surface area contributed by atoms with Crippen LogP contribution in [0.25, 0.3) is 0 Å². The van der Waals surface area contributed by atoms with Crippen LogP contribution in [0.5, 0.6) is 0 Å². The number of hydrogen-bond acceptors (Lipinski definition) is 2. The van der Waals surface area contributed by atoms with Crippen LogP contribution in [0.3, 0.4) is 0 Å². The number of hydrogen-bond donors (Lipinski definition) is 2. The summed E-state index contributed by atoms with van der Waals surface area (Å²) in [7, 11) is 0. The number of anilines is 1. The summed E-state index contributed by atoms with van der Waals surface area (Å²) in [6.45, 7) is 4.44. The van der Waals surface area contributed by atoms with E-state index in [9.17, 15) is 4.79 Å². The molecule has 3 heteroatoms. The topological polar surface area (TPSA) is 55.1 Å². The first kappa shape index (κ1) is 15.3. The van der Waals surface area contributed by atoms with Gasteiger partial charge in [0.15, 0.2) is 0 Å². The number of carbonyl (C=O) groups excluding carboxylic acids is 1. The first-order chi connectivity index (χ1) is 9.17. The molecule has 0 radical (unpaired) electrons. The summed E-state index contributed by atoms with van der Waals surface area (Å²) in [5, 5.41) is 2.95. The minimum absolute atomic E-state index is 0.0699. The normalized spacial score (nSPS) is 9.63. The van der Waals surface area contributed by atoms with Crippen LogP contribution in [-0.2, 0) is 4.79 Å². The maximum Gasteiger partial charge on any atom is 0.224 e. The number of benzene rings is 1. The lowest BCUT2D eigenvalue weighted by molar-refractivity contribution is -0.116. The van der Waals surface area contributed by atoms with Gasteiger partial charge in [0.05, 0.1) is 6.54 Å². The van der Waals surface area contributed by atoms with Gasteiger partial charge in [0, 0.05) is 17.7 Å². The molecule has 0 fully saturated rings. The molecule has 0 aliphatic rings. The van der Waals surface area contributed by atoms with Gasteiger partial charge in [-0.15, -0.1) is 0 Å². The van der Waals surface area contributed by atoms with Gasteiger partial charge in [0.25, 0.3) is 0 Å². The van der Waals surface area contributed by atoms with Crippen molar-refractivity contribution in [3.05, 3.63) is 29.3 Å². The smallest absolute Gasteiger partial charge is 0.224 e. The molecule has 1 amide bonds. The lowest BCUT2D eigenvalue weighted by atomic mass is 10.1. The Morgan fingerprint density at radius 3 is 2.84 bits per heavy atom. The van der Waals surface area contributed by atoms with E-state index < -0.39 is 0 Å². The molecule has 0 aromatic heterocycles. The molecule has 1 aromatic rings. The van der Waals surface area contributed by atoms with Crippen molar-refractivity contribution in [2.45, 2.75) is 39.5 Å². The quantitative estimate of drug-likeness (QED) is 0.630. The van der Waals surface area contributed by atoms with Gasteiger partial charge in [-0.2, -0.15) is 0 Å². The summed E-state index contributed by atoms with van der Waals surface area (Å²) in [5.41, 5.74) is 8.11. The highest BCUT2D eigenvalue weighted by Crippen LogP contribution is 2.17. The predicted octanol–water partition coefficient (Wildman–Crippen LogP) is 2.82. The molecular formula is C16H22N2O. The van der Waals surface area contributed by atoms with E-state index in [1.165, 1.54) is 0 Å². The first-order valence-electron chi connectivity index (χ1n) is 6.76. The zero-order valence-electron chi connectivity index (χ0n) is 11.8. The summed E-state index contributed by atoms with van der Waals surface area (Å²) < 4.78 is 0. The number of unbranched alkanes of at least 4 members (excludes halogenated alkanes) is 2. The number of nitrogens with one attached hydrogen (secondary N) is 1. The van der Waals surface area contributed by atoms with Gasteiger partial charge in [0.1, 0.15) is 0 Å². The third-order valence-corrected chi connectivity index (χ3v) is 2.85. The van der Waals surface area contributed by atoms with Crippen molar-refractivity contribution in [2.24, 2.45) is 5.73 Å². The Kier molecular flexibility index (Phi) is 6.70. The van der Waals surface area contributed by atoms with Crippen molar-refractivity contribution < 1.29 is 4.79 Å². The summed E-state index contributed by atoms with van der Waals surface area (Å²) in [4.78, 5) is 11.8. The molecule has 0 aliphatic carbocycles. The monoisotopic (exact) mass is 258 g/mol. The predicted molar refractivity (Wildman–Crippen MR) is 79.9 cm³/mol. The molecule has 1 aromatic carbocycles. The molecule has 102 valence electrons. The molecule has 3 nitrogen and oxygen atoms in total. The SMILES string of the molecule is CCCCCC(=O)Nc1cc(C#CCN)ccc1C. The largest absolute Gasteiger partial charge is 0.326 e. The zero-order chi connectivity index (χ0) is 14.1. The Morgan fingerprint density at radius 1 is 1.37 bits per heavy atom. The second-order valence-corrected chi connectivity index (χ2v) is 4.54. The molecule has 0 saturated carbocycles. The third kappa shape index (κ3) is 5.58. The van der Waals surface area contributed by atoms with E-state index in [4.69, 9.17) is 5.73 Å². The second kappa shape index (κ2) is 8.34. The molecule has 0 bridgehead atoms. The third-order valence-electron chi connectivity index (χ3n) is 2.85. The highest BCUT2D eigenvalue weighted by molar-refractivity contribution is 5.91. The van der Waals surface area contributed by atoms with Crippen LogP contribution in [0, 0.1) is 18.8 Å². The molecule has 0 heterocycles. The van der Waals surface area contributed by atoms with Crippen LogP contribution in [0.15, 0.2) is 18.2 Å². The number of nitrogens with two attached hydrogens (primary N) is 1. The van der Waals surface area contributed by atoms with Gasteiger partial charge >= 0.3 is 0 Å². The minimum atomic E-state index is 0.0699. The maximum absolute atomic E-state index is 11.8. The van der Waals surface area contributed by atoms with Crippen LogP contribution in [-0.4, -0.2) is 12.5 Å². The minimum Gasteiger partial charge on any atom is -0.326 e. The summed E-state index contributed by atoms with van der Waals surface area (Å²) in [6.07, 6.45) is 3.73. The number of aryl methyl sites for hydroxylation is 1. The Bertz CT molecular complexity index is 483. The van der Waals surface area contributed by atoms with E-state index in [-0.39, 0.29) is 5.91 Å². The van der Waals surface area contributed by atoms with Crippen molar-refractivity contribution in [1.82, 2.24) is 0 Å². The highest BCUT2D eigenvalue weighted by atomic mass is 16.1. The van der Waals surface area contributed by atoms with Gasteiger partial charge in [-0.3, -0.25) is 4.79 Å². The van der Waals surface area contributed by atoms with E-state index in [0.29, 0.717) is 13.0 Å². The molecule has 19 heavy (non-hydrogen) atoms. The van der Waals surface area contributed by atoms with Crippen molar-refractivity contribution >= 4 is 11.6 Å². The number of amides is 1. The Labute approximate surface area is 115 Å². The van der Waals surface area contributed by atoms with E-state index in [2.05, 4.69) is 24.1 Å². The van der Waals surface area contributed by atoms with Gasteiger partial charge in [-0.25, -0.2) is 0 Å². The fourth-order valence-corrected chi connectivity index (χ4v) is 1.74.